The Morgan fingerprint density at radius 2 is 1.97 bits per heavy atom. The number of aromatic nitrogens is 2. The van der Waals surface area contributed by atoms with Crippen LogP contribution in [0.3, 0.4) is 0 Å². The number of carbonyl (C=O) groups excluding carboxylic acids is 1. The van der Waals surface area contributed by atoms with Gasteiger partial charge in [-0.2, -0.15) is 0 Å². The van der Waals surface area contributed by atoms with Gasteiger partial charge >= 0.3 is 6.03 Å². The highest BCUT2D eigenvalue weighted by Gasteiger charge is 2.15. The van der Waals surface area contributed by atoms with Crippen molar-refractivity contribution in [3.05, 3.63) is 69.2 Å². The third-order valence-corrected chi connectivity index (χ3v) is 5.85. The molecule has 0 unspecified atom stereocenters. The molecule has 0 bridgehead atoms. The number of urea groups is 1. The second-order valence-corrected chi connectivity index (χ2v) is 8.20. The minimum absolute atomic E-state index is 0.0803. The van der Waals surface area contributed by atoms with Gasteiger partial charge in [-0.25, -0.2) is 9.78 Å². The molecule has 3 aromatic rings. The molecule has 2 amide bonds. The number of nitrogens with zero attached hydrogens (tertiary/aromatic N) is 3. The van der Waals surface area contributed by atoms with E-state index in [0.717, 1.165) is 15.2 Å². The summed E-state index contributed by atoms with van der Waals surface area (Å²) in [5.74, 6) is 0.722. The molecule has 3 rings (SSSR count). The lowest BCUT2D eigenvalue weighted by atomic mass is 10.2. The van der Waals surface area contributed by atoms with Crippen LogP contribution >= 0.6 is 27.9 Å². The molecular formula is C21H23BrN4O2S. The molecule has 0 spiro atoms. The van der Waals surface area contributed by atoms with Crippen molar-refractivity contribution in [2.45, 2.75) is 31.7 Å². The summed E-state index contributed by atoms with van der Waals surface area (Å²) in [4.78, 5) is 32.9. The monoisotopic (exact) mass is 474 g/mol. The van der Waals surface area contributed by atoms with Crippen LogP contribution in [0.2, 0.25) is 0 Å². The largest absolute Gasteiger partial charge is 0.327 e. The average molecular weight is 475 g/mol. The van der Waals surface area contributed by atoms with Gasteiger partial charge in [0.05, 0.1) is 10.9 Å². The number of nitrogens with one attached hydrogen (secondary N) is 1. The van der Waals surface area contributed by atoms with Crippen molar-refractivity contribution in [1.82, 2.24) is 19.2 Å². The quantitative estimate of drug-likeness (QED) is 0.513. The summed E-state index contributed by atoms with van der Waals surface area (Å²) in [5.41, 5.74) is 0.610. The number of benzene rings is 2. The minimum Gasteiger partial charge on any atom is -0.323 e. The number of hydrogen-bond acceptors (Lipinski definition) is 4. The van der Waals surface area contributed by atoms with E-state index in [2.05, 4.69) is 25.6 Å². The van der Waals surface area contributed by atoms with E-state index in [1.807, 2.05) is 56.3 Å². The van der Waals surface area contributed by atoms with Gasteiger partial charge in [-0.1, -0.05) is 41.1 Å². The molecule has 0 aliphatic carbocycles. The van der Waals surface area contributed by atoms with Gasteiger partial charge in [0.1, 0.15) is 5.82 Å². The molecule has 29 heavy (non-hydrogen) atoms. The van der Waals surface area contributed by atoms with Crippen molar-refractivity contribution < 1.29 is 4.79 Å². The summed E-state index contributed by atoms with van der Waals surface area (Å²) in [7, 11) is 0. The third-order valence-electron chi connectivity index (χ3n) is 4.57. The topological polar surface area (TPSA) is 67.2 Å². The Morgan fingerprint density at radius 1 is 1.21 bits per heavy atom. The minimum atomic E-state index is -0.177. The van der Waals surface area contributed by atoms with Crippen LogP contribution < -0.4 is 10.3 Å². The van der Waals surface area contributed by atoms with Crippen LogP contribution in [0, 0.1) is 0 Å². The highest BCUT2D eigenvalue weighted by Crippen LogP contribution is 2.16. The number of hydrogen-bond donors (Lipinski definition) is 1. The van der Waals surface area contributed by atoms with Crippen LogP contribution in [0.5, 0.6) is 0 Å². The maximum absolute atomic E-state index is 13.0. The number of rotatable bonds is 7. The smallest absolute Gasteiger partial charge is 0.323 e. The van der Waals surface area contributed by atoms with Gasteiger partial charge in [0.25, 0.3) is 5.56 Å². The Balaban J connectivity index is 1.74. The lowest BCUT2D eigenvalue weighted by Gasteiger charge is -2.22. The fraction of sp³-hybridized carbons (Fsp3) is 0.286. The van der Waals surface area contributed by atoms with Gasteiger partial charge in [0.15, 0.2) is 0 Å². The van der Waals surface area contributed by atoms with E-state index in [1.165, 1.54) is 11.9 Å². The van der Waals surface area contributed by atoms with E-state index in [0.29, 0.717) is 37.0 Å². The second-order valence-electron chi connectivity index (χ2n) is 6.40. The van der Waals surface area contributed by atoms with Gasteiger partial charge in [-0.3, -0.25) is 14.1 Å². The van der Waals surface area contributed by atoms with Crippen LogP contribution in [0.25, 0.3) is 10.9 Å². The van der Waals surface area contributed by atoms with Crippen molar-refractivity contribution >= 4 is 44.8 Å². The first-order chi connectivity index (χ1) is 14.0. The zero-order valence-electron chi connectivity index (χ0n) is 16.4. The zero-order valence-corrected chi connectivity index (χ0v) is 18.8. The lowest BCUT2D eigenvalue weighted by molar-refractivity contribution is 0.204. The van der Waals surface area contributed by atoms with E-state index in [9.17, 15) is 9.59 Å². The molecule has 0 fully saturated rings. The molecule has 1 heterocycles. The van der Waals surface area contributed by atoms with Crippen LogP contribution in [0.4, 0.5) is 4.79 Å². The van der Waals surface area contributed by atoms with Crippen molar-refractivity contribution in [2.24, 2.45) is 0 Å². The second kappa shape index (κ2) is 9.93. The predicted molar refractivity (Wildman–Crippen MR) is 121 cm³/mol. The Kier molecular flexibility index (Phi) is 7.33. The van der Waals surface area contributed by atoms with E-state index in [1.54, 1.807) is 15.5 Å². The summed E-state index contributed by atoms with van der Waals surface area (Å²) >= 11 is 4.70. The summed E-state index contributed by atoms with van der Waals surface area (Å²) < 4.78 is 5.38. The highest BCUT2D eigenvalue weighted by molar-refractivity contribution is 9.10. The fourth-order valence-corrected chi connectivity index (χ4v) is 4.01. The number of amides is 2. The molecular weight excluding hydrogens is 452 g/mol. The fourth-order valence-electron chi connectivity index (χ4n) is 3.02. The Bertz CT molecular complexity index is 1060. The molecule has 2 aromatic carbocycles. The number of fused-ring (bicyclic) bond motifs is 1. The summed E-state index contributed by atoms with van der Waals surface area (Å²) in [6.07, 6.45) is 0.642. The average Bonchev–Trinajstić information content (AvgIpc) is 2.74. The zero-order chi connectivity index (χ0) is 20.8. The maximum atomic E-state index is 13.0. The van der Waals surface area contributed by atoms with Gasteiger partial charge < -0.3 is 4.90 Å². The molecule has 152 valence electrons. The number of likely N-dealkylation sites (N-methyl/N-ethyl adjacent to an activating group) is 1. The van der Waals surface area contributed by atoms with Gasteiger partial charge in [-0.15, -0.1) is 0 Å². The first-order valence-corrected chi connectivity index (χ1v) is 11.1. The molecule has 0 aliphatic heterocycles. The Labute approximate surface area is 182 Å². The number of halogens is 1. The van der Waals surface area contributed by atoms with E-state index >= 15 is 0 Å². The number of aryl methyl sites for hydroxylation is 1. The van der Waals surface area contributed by atoms with Crippen LogP contribution in [-0.4, -0.2) is 33.6 Å². The molecule has 1 aromatic heterocycles. The van der Waals surface area contributed by atoms with Gasteiger partial charge in [0, 0.05) is 35.4 Å². The summed E-state index contributed by atoms with van der Waals surface area (Å²) in [5, 5.41) is 0.573. The summed E-state index contributed by atoms with van der Waals surface area (Å²) in [6.45, 7) is 5.26. The summed E-state index contributed by atoms with van der Waals surface area (Å²) in [6, 6.07) is 15.0. The molecule has 0 radical (unpaired) electrons. The van der Waals surface area contributed by atoms with Gasteiger partial charge in [0.2, 0.25) is 0 Å². The van der Waals surface area contributed by atoms with Crippen molar-refractivity contribution in [3.63, 3.8) is 0 Å². The van der Waals surface area contributed by atoms with Crippen LogP contribution in [-0.2, 0) is 13.0 Å². The molecule has 1 N–H and O–H groups in total. The standard InChI is InChI=1S/C21H23BrN4O2S/c1-3-19-23-18-11-10-15(22)14-17(18)20(27)26(19)13-12-25(4-2)21(28)24-29-16-8-6-5-7-9-16/h5-11,14H,3-4,12-13H2,1-2H3,(H,24,28). The normalized spacial score (nSPS) is 10.9. The van der Waals surface area contributed by atoms with Gasteiger partial charge in [-0.05, 0) is 49.2 Å². The van der Waals surface area contributed by atoms with E-state index in [4.69, 9.17) is 0 Å². The maximum Gasteiger partial charge on any atom is 0.327 e. The molecule has 0 aliphatic rings. The van der Waals surface area contributed by atoms with E-state index in [-0.39, 0.29) is 11.6 Å². The molecule has 8 heteroatoms. The van der Waals surface area contributed by atoms with Crippen LogP contribution in [0.1, 0.15) is 19.7 Å². The van der Waals surface area contributed by atoms with Crippen molar-refractivity contribution in [2.75, 3.05) is 13.1 Å². The molecule has 0 saturated carbocycles. The predicted octanol–water partition coefficient (Wildman–Crippen LogP) is 4.46. The first-order valence-electron chi connectivity index (χ1n) is 9.49. The highest BCUT2D eigenvalue weighted by atomic mass is 79.9. The first kappa shape index (κ1) is 21.4. The third kappa shape index (κ3) is 5.19. The Morgan fingerprint density at radius 3 is 2.66 bits per heavy atom. The van der Waals surface area contributed by atoms with Crippen molar-refractivity contribution in [3.8, 4) is 0 Å². The van der Waals surface area contributed by atoms with E-state index < -0.39 is 0 Å². The molecule has 6 nitrogen and oxygen atoms in total. The number of carbonyl (C=O) groups is 1. The van der Waals surface area contributed by atoms with Crippen LogP contribution in [0.15, 0.2) is 62.7 Å². The molecule has 0 saturated heterocycles. The Hall–Kier alpha value is -2.32. The van der Waals surface area contributed by atoms with Crippen molar-refractivity contribution in [1.29, 1.82) is 0 Å². The SMILES string of the molecule is CCc1nc2ccc(Br)cc2c(=O)n1CCN(CC)C(=O)NSc1ccccc1. The molecule has 0 atom stereocenters. The lowest BCUT2D eigenvalue weighted by Crippen LogP contribution is -2.40.